The molecule has 8 nitrogen and oxygen atoms in total. The van der Waals surface area contributed by atoms with Gasteiger partial charge in [-0.1, -0.05) is 6.07 Å². The van der Waals surface area contributed by atoms with E-state index in [9.17, 15) is 18.0 Å². The Hall–Kier alpha value is -4.51. The fraction of sp³-hybridized carbons (Fsp3) is 0.0833. The van der Waals surface area contributed by atoms with E-state index in [-0.39, 0.29) is 12.1 Å². The highest BCUT2D eigenvalue weighted by Gasteiger charge is 2.30. The zero-order valence-electron chi connectivity index (χ0n) is 18.1. The Morgan fingerprint density at radius 3 is 2.57 bits per heavy atom. The molecular formula is C24H18F3N7O. The van der Waals surface area contributed by atoms with Crippen LogP contribution < -0.4 is 11.1 Å². The zero-order chi connectivity index (χ0) is 24.6. The number of nitrogens with zero attached hydrogens (tertiary/aromatic N) is 5. The molecule has 0 bridgehead atoms. The SMILES string of the molecule is NCc1ccc(NC(=O)c2ccc(C(F)(F)F)cc2)cc1-n1cc(-c2cnc3cccnn23)cn1. The van der Waals surface area contributed by atoms with Gasteiger partial charge in [0.05, 0.1) is 29.3 Å². The first kappa shape index (κ1) is 22.3. The number of amides is 1. The van der Waals surface area contributed by atoms with Crippen LogP contribution in [0, 0.1) is 0 Å². The maximum absolute atomic E-state index is 12.8. The first-order valence-corrected chi connectivity index (χ1v) is 10.5. The van der Waals surface area contributed by atoms with E-state index < -0.39 is 17.6 Å². The number of benzene rings is 2. The Kier molecular flexibility index (Phi) is 5.53. The Bertz CT molecular complexity index is 1520. The van der Waals surface area contributed by atoms with E-state index in [1.54, 1.807) is 58.3 Å². The standard InChI is InChI=1S/C24H18F3N7O/c25-24(26,27)18-6-3-15(4-7-18)23(35)32-19-8-5-16(11-28)20(10-19)33-14-17(12-31-33)21-13-29-22-2-1-9-30-34(21)22/h1-10,12-14H,11,28H2,(H,32,35). The molecule has 0 fully saturated rings. The molecule has 0 aliphatic heterocycles. The number of nitrogens with two attached hydrogens (primary N) is 1. The van der Waals surface area contributed by atoms with E-state index >= 15 is 0 Å². The van der Waals surface area contributed by atoms with Crippen LogP contribution in [-0.2, 0) is 12.7 Å². The number of anilines is 1. The largest absolute Gasteiger partial charge is 0.416 e. The van der Waals surface area contributed by atoms with Gasteiger partial charge in [-0.25, -0.2) is 14.2 Å². The summed E-state index contributed by atoms with van der Waals surface area (Å²) >= 11 is 0. The Balaban J connectivity index is 1.42. The number of aromatic nitrogens is 5. The number of imidazole rings is 1. The summed E-state index contributed by atoms with van der Waals surface area (Å²) in [6.07, 6.45) is 2.37. The molecule has 0 saturated carbocycles. The van der Waals surface area contributed by atoms with Crippen LogP contribution in [0.2, 0.25) is 0 Å². The maximum atomic E-state index is 12.8. The molecule has 176 valence electrons. The van der Waals surface area contributed by atoms with Gasteiger partial charge < -0.3 is 11.1 Å². The molecule has 2 aromatic carbocycles. The highest BCUT2D eigenvalue weighted by molar-refractivity contribution is 6.04. The Morgan fingerprint density at radius 2 is 1.83 bits per heavy atom. The molecule has 0 radical (unpaired) electrons. The van der Waals surface area contributed by atoms with E-state index in [0.29, 0.717) is 17.0 Å². The number of halogens is 3. The molecule has 3 aromatic heterocycles. The molecule has 0 unspecified atom stereocenters. The summed E-state index contributed by atoms with van der Waals surface area (Å²) in [7, 11) is 0. The van der Waals surface area contributed by atoms with Gasteiger partial charge in [-0.3, -0.25) is 4.79 Å². The number of fused-ring (bicyclic) bond motifs is 1. The lowest BCUT2D eigenvalue weighted by Gasteiger charge is -2.12. The molecule has 0 aliphatic rings. The second-order valence-electron chi connectivity index (χ2n) is 7.69. The van der Waals surface area contributed by atoms with E-state index in [0.717, 1.165) is 41.1 Å². The normalized spacial score (nSPS) is 11.7. The zero-order valence-corrected chi connectivity index (χ0v) is 18.1. The van der Waals surface area contributed by atoms with Crippen molar-refractivity contribution in [2.45, 2.75) is 12.7 Å². The average molecular weight is 477 g/mol. The summed E-state index contributed by atoms with van der Waals surface area (Å²) in [6.45, 7) is 0.231. The smallest absolute Gasteiger partial charge is 0.326 e. The lowest BCUT2D eigenvalue weighted by molar-refractivity contribution is -0.137. The van der Waals surface area contributed by atoms with Crippen LogP contribution in [0.15, 0.2) is 79.4 Å². The van der Waals surface area contributed by atoms with Crippen molar-refractivity contribution in [3.05, 3.63) is 96.1 Å². The van der Waals surface area contributed by atoms with Crippen molar-refractivity contribution in [2.75, 3.05) is 5.32 Å². The van der Waals surface area contributed by atoms with E-state index in [1.165, 1.54) is 0 Å². The van der Waals surface area contributed by atoms with Crippen LogP contribution in [0.4, 0.5) is 18.9 Å². The number of carbonyl (C=O) groups excluding carboxylic acids is 1. The molecule has 11 heteroatoms. The summed E-state index contributed by atoms with van der Waals surface area (Å²) in [5.74, 6) is -0.539. The fourth-order valence-electron chi connectivity index (χ4n) is 3.65. The summed E-state index contributed by atoms with van der Waals surface area (Å²) in [5.41, 5.74) is 9.29. The van der Waals surface area contributed by atoms with Crippen molar-refractivity contribution in [3.8, 4) is 16.9 Å². The first-order valence-electron chi connectivity index (χ1n) is 10.5. The Labute approximate surface area is 196 Å². The molecule has 0 spiro atoms. The van der Waals surface area contributed by atoms with Crippen molar-refractivity contribution in [2.24, 2.45) is 5.73 Å². The summed E-state index contributed by atoms with van der Waals surface area (Å²) < 4.78 is 41.7. The molecule has 0 aliphatic carbocycles. The van der Waals surface area contributed by atoms with Gasteiger partial charge in [0.15, 0.2) is 5.65 Å². The van der Waals surface area contributed by atoms with Crippen molar-refractivity contribution < 1.29 is 18.0 Å². The topological polar surface area (TPSA) is 103 Å². The van der Waals surface area contributed by atoms with Gasteiger partial charge in [-0.15, -0.1) is 0 Å². The van der Waals surface area contributed by atoms with E-state index in [1.807, 2.05) is 6.07 Å². The third-order valence-electron chi connectivity index (χ3n) is 5.44. The second-order valence-corrected chi connectivity index (χ2v) is 7.69. The van der Waals surface area contributed by atoms with Gasteiger partial charge in [0.1, 0.15) is 0 Å². The summed E-state index contributed by atoms with van der Waals surface area (Å²) in [6, 6.07) is 12.8. The molecule has 5 aromatic rings. The molecule has 0 saturated heterocycles. The number of rotatable bonds is 5. The predicted molar refractivity (Wildman–Crippen MR) is 123 cm³/mol. The highest BCUT2D eigenvalue weighted by Crippen LogP contribution is 2.29. The lowest BCUT2D eigenvalue weighted by atomic mass is 10.1. The van der Waals surface area contributed by atoms with Crippen LogP contribution in [0.3, 0.4) is 0 Å². The molecule has 1 amide bonds. The minimum absolute atomic E-state index is 0.101. The molecule has 5 rings (SSSR count). The molecule has 0 atom stereocenters. The van der Waals surface area contributed by atoms with Gasteiger partial charge in [0, 0.05) is 35.8 Å². The van der Waals surface area contributed by atoms with Gasteiger partial charge in [0.2, 0.25) is 0 Å². The third-order valence-corrected chi connectivity index (χ3v) is 5.44. The number of hydrogen-bond acceptors (Lipinski definition) is 5. The third kappa shape index (κ3) is 4.36. The highest BCUT2D eigenvalue weighted by atomic mass is 19.4. The number of hydrogen-bond donors (Lipinski definition) is 2. The first-order chi connectivity index (χ1) is 16.8. The van der Waals surface area contributed by atoms with Crippen molar-refractivity contribution in [1.29, 1.82) is 0 Å². The van der Waals surface area contributed by atoms with Gasteiger partial charge in [-0.2, -0.15) is 23.4 Å². The van der Waals surface area contributed by atoms with Crippen LogP contribution in [0.25, 0.3) is 22.6 Å². The van der Waals surface area contributed by atoms with Gasteiger partial charge >= 0.3 is 6.18 Å². The van der Waals surface area contributed by atoms with E-state index in [4.69, 9.17) is 5.73 Å². The minimum Gasteiger partial charge on any atom is -0.326 e. The van der Waals surface area contributed by atoms with Gasteiger partial charge in [-0.05, 0) is 54.1 Å². The number of alkyl halides is 3. The van der Waals surface area contributed by atoms with Crippen molar-refractivity contribution >= 4 is 17.2 Å². The molecule has 3 N–H and O–H groups in total. The van der Waals surface area contributed by atoms with Crippen molar-refractivity contribution in [3.63, 3.8) is 0 Å². The maximum Gasteiger partial charge on any atom is 0.416 e. The van der Waals surface area contributed by atoms with Gasteiger partial charge in [0.25, 0.3) is 5.91 Å². The quantitative estimate of drug-likeness (QED) is 0.393. The lowest BCUT2D eigenvalue weighted by Crippen LogP contribution is -2.14. The summed E-state index contributed by atoms with van der Waals surface area (Å²) in [4.78, 5) is 16.9. The fourth-order valence-corrected chi connectivity index (χ4v) is 3.65. The molecular weight excluding hydrogens is 459 g/mol. The van der Waals surface area contributed by atoms with Crippen LogP contribution in [0.5, 0.6) is 0 Å². The van der Waals surface area contributed by atoms with Crippen LogP contribution in [-0.4, -0.2) is 30.3 Å². The predicted octanol–water partition coefficient (Wildman–Crippen LogP) is 4.31. The van der Waals surface area contributed by atoms with Crippen LogP contribution in [0.1, 0.15) is 21.5 Å². The average Bonchev–Trinajstić information content (AvgIpc) is 3.51. The monoisotopic (exact) mass is 477 g/mol. The molecule has 35 heavy (non-hydrogen) atoms. The molecule has 3 heterocycles. The van der Waals surface area contributed by atoms with Crippen molar-refractivity contribution in [1.82, 2.24) is 24.4 Å². The minimum atomic E-state index is -4.47. The Morgan fingerprint density at radius 1 is 1.03 bits per heavy atom. The summed E-state index contributed by atoms with van der Waals surface area (Å²) in [5, 5.41) is 11.5. The number of carbonyl (C=O) groups is 1. The van der Waals surface area contributed by atoms with E-state index in [2.05, 4.69) is 20.5 Å². The second kappa shape index (κ2) is 8.69. The number of nitrogens with one attached hydrogen (secondary N) is 1. The van der Waals surface area contributed by atoms with Crippen LogP contribution >= 0.6 is 0 Å².